The number of ether oxygens (including phenoxy) is 1. The van der Waals surface area contributed by atoms with E-state index in [1.165, 1.54) is 23.7 Å². The van der Waals surface area contributed by atoms with E-state index in [1.807, 2.05) is 0 Å². The van der Waals surface area contributed by atoms with Crippen molar-refractivity contribution >= 4 is 55.4 Å². The molecule has 0 saturated carbocycles. The number of carbonyl (C=O) groups is 2. The lowest BCUT2D eigenvalue weighted by Gasteiger charge is -2.41. The molecule has 12 nitrogen and oxygen atoms in total. The molecule has 5 aromatic rings. The van der Waals surface area contributed by atoms with Crippen molar-refractivity contribution in [3.63, 3.8) is 0 Å². The van der Waals surface area contributed by atoms with Crippen LogP contribution in [0.15, 0.2) is 36.4 Å². The molecule has 2 amide bonds. The number of nitrogens with zero attached hydrogens (tertiary/aromatic N) is 2. The average Bonchev–Trinajstić information content (AvgIpc) is 3.54. The van der Waals surface area contributed by atoms with E-state index in [1.54, 1.807) is 24.3 Å². The fraction of sp³-hybridized carbons (Fsp3) is 0.259. The number of amides is 2. The fourth-order valence-electron chi connectivity index (χ4n) is 6.14. The number of nitrogens with one attached hydrogen (secondary N) is 1. The van der Waals surface area contributed by atoms with Crippen LogP contribution in [-0.2, 0) is 4.74 Å². The first-order valence-corrected chi connectivity index (χ1v) is 12.2. The normalized spacial score (nSPS) is 25.6. The number of benzene rings is 3. The van der Waals surface area contributed by atoms with Gasteiger partial charge >= 0.3 is 0 Å². The Balaban J connectivity index is 1.75. The van der Waals surface area contributed by atoms with Gasteiger partial charge in [-0.25, -0.2) is 0 Å². The van der Waals surface area contributed by atoms with Crippen molar-refractivity contribution in [3.8, 4) is 11.5 Å². The maximum Gasteiger partial charge on any atom is 0.262 e. The van der Waals surface area contributed by atoms with Gasteiger partial charge in [0, 0.05) is 28.6 Å². The summed E-state index contributed by atoms with van der Waals surface area (Å²) in [5.74, 6) is -1.46. The van der Waals surface area contributed by atoms with Gasteiger partial charge in [0.15, 0.2) is 6.23 Å². The van der Waals surface area contributed by atoms with Crippen LogP contribution in [0.4, 0.5) is 0 Å². The number of aromatic amines is 1. The van der Waals surface area contributed by atoms with E-state index >= 15 is 0 Å². The van der Waals surface area contributed by atoms with Crippen molar-refractivity contribution in [2.45, 2.75) is 30.6 Å². The molecule has 0 bridgehead atoms. The number of aromatic hydroxyl groups is 2. The molecule has 1 saturated heterocycles. The maximum atomic E-state index is 13.5. The Labute approximate surface area is 218 Å². The third-order valence-corrected chi connectivity index (χ3v) is 7.96. The van der Waals surface area contributed by atoms with Gasteiger partial charge in [0.05, 0.1) is 39.8 Å². The highest BCUT2D eigenvalue weighted by Gasteiger charge is 2.47. The van der Waals surface area contributed by atoms with Crippen molar-refractivity contribution in [3.05, 3.63) is 47.5 Å². The lowest BCUT2D eigenvalue weighted by Crippen LogP contribution is -2.56. The highest BCUT2D eigenvalue weighted by atomic mass is 16.6. The molecular formula is C27H23N3O9. The lowest BCUT2D eigenvalue weighted by molar-refractivity contribution is -0.249. The van der Waals surface area contributed by atoms with Crippen LogP contribution in [0, 0.1) is 0 Å². The van der Waals surface area contributed by atoms with Crippen molar-refractivity contribution in [2.24, 2.45) is 0 Å². The van der Waals surface area contributed by atoms with E-state index < -0.39 is 49.1 Å². The smallest absolute Gasteiger partial charge is 0.262 e. The van der Waals surface area contributed by atoms with Crippen LogP contribution in [0.25, 0.3) is 43.6 Å². The summed E-state index contributed by atoms with van der Waals surface area (Å²) in [4.78, 5) is 31.1. The molecule has 2 aliphatic rings. The summed E-state index contributed by atoms with van der Waals surface area (Å²) in [6, 6.07) is 9.36. The van der Waals surface area contributed by atoms with E-state index in [-0.39, 0.29) is 39.0 Å². The number of aliphatic hydroxyl groups excluding tert-OH is 4. The van der Waals surface area contributed by atoms with Gasteiger partial charge in [-0.1, -0.05) is 24.3 Å². The number of aliphatic hydroxyl groups is 4. The van der Waals surface area contributed by atoms with Crippen molar-refractivity contribution in [1.82, 2.24) is 14.5 Å². The largest absolute Gasteiger partial charge is 0.506 e. The number of H-pyrrole nitrogens is 1. The zero-order valence-electron chi connectivity index (χ0n) is 20.4. The second-order valence-corrected chi connectivity index (χ2v) is 9.98. The van der Waals surface area contributed by atoms with Gasteiger partial charge < -0.3 is 44.9 Å². The second-order valence-electron chi connectivity index (χ2n) is 9.98. The van der Waals surface area contributed by atoms with Crippen molar-refractivity contribution in [2.75, 3.05) is 13.7 Å². The number of fused-ring (bicyclic) bond motifs is 10. The number of aromatic nitrogens is 2. The fourth-order valence-corrected chi connectivity index (χ4v) is 6.14. The minimum atomic E-state index is -1.72. The van der Waals surface area contributed by atoms with Gasteiger partial charge in [0.2, 0.25) is 0 Å². The first kappa shape index (κ1) is 23.9. The summed E-state index contributed by atoms with van der Waals surface area (Å²) in [7, 11) is 1.36. The summed E-state index contributed by atoms with van der Waals surface area (Å²) >= 11 is 0. The highest BCUT2D eigenvalue weighted by Crippen LogP contribution is 2.49. The van der Waals surface area contributed by atoms with Crippen molar-refractivity contribution in [1.29, 1.82) is 0 Å². The average molecular weight is 533 g/mol. The van der Waals surface area contributed by atoms with Crippen LogP contribution in [0.1, 0.15) is 26.9 Å². The molecule has 39 heavy (non-hydrogen) atoms. The summed E-state index contributed by atoms with van der Waals surface area (Å²) in [6.45, 7) is -0.673. The van der Waals surface area contributed by atoms with Crippen LogP contribution in [0.3, 0.4) is 0 Å². The van der Waals surface area contributed by atoms with Crippen LogP contribution < -0.4 is 0 Å². The molecule has 5 atom stereocenters. The van der Waals surface area contributed by atoms with E-state index in [0.29, 0.717) is 27.2 Å². The number of rotatable bonds is 2. The third kappa shape index (κ3) is 2.84. The monoisotopic (exact) mass is 533 g/mol. The molecule has 2 aromatic heterocycles. The second kappa shape index (κ2) is 7.91. The van der Waals surface area contributed by atoms with Crippen LogP contribution >= 0.6 is 0 Å². The summed E-state index contributed by atoms with van der Waals surface area (Å²) in [5.41, 5.74) is 1.18. The predicted octanol–water partition coefficient (Wildman–Crippen LogP) is 1.04. The van der Waals surface area contributed by atoms with Crippen LogP contribution in [0.5, 0.6) is 11.5 Å². The molecule has 7 rings (SSSR count). The van der Waals surface area contributed by atoms with E-state index in [4.69, 9.17) is 4.74 Å². The number of hydrogen-bond donors (Lipinski definition) is 7. The van der Waals surface area contributed by atoms with E-state index in [9.17, 15) is 40.2 Å². The molecule has 200 valence electrons. The molecule has 0 aliphatic carbocycles. The number of phenols is 2. The standard InChI is InChI=1S/C27H23N3O9/c1-29-25(37)16-14-9-4-2-6-11(32)18(9)28-19(14)21-15(17(16)26(29)38)10-5-3-7-12(33)20(10)30(21)27-24(36)23(35)22(34)13(8-31)39-27/h2-7,13,22-24,27-28,31-36H,8H2,1H3. The zero-order valence-corrected chi connectivity index (χ0v) is 20.4. The molecule has 12 heteroatoms. The lowest BCUT2D eigenvalue weighted by atomic mass is 9.96. The number of carbonyl (C=O) groups excluding carboxylic acids is 2. The Bertz CT molecular complexity index is 1890. The topological polar surface area (TPSA) is 189 Å². The Morgan fingerprint density at radius 3 is 2.15 bits per heavy atom. The minimum absolute atomic E-state index is 0.0770. The zero-order chi connectivity index (χ0) is 27.5. The van der Waals surface area contributed by atoms with Gasteiger partial charge in [-0.05, 0) is 12.1 Å². The first-order valence-electron chi connectivity index (χ1n) is 12.2. The molecule has 3 aromatic carbocycles. The maximum absolute atomic E-state index is 13.5. The van der Waals surface area contributed by atoms with Crippen molar-refractivity contribution < 1.29 is 45.0 Å². The molecular weight excluding hydrogens is 510 g/mol. The van der Waals surface area contributed by atoms with Gasteiger partial charge in [-0.2, -0.15) is 0 Å². The van der Waals surface area contributed by atoms with Gasteiger partial charge in [-0.3, -0.25) is 14.5 Å². The molecule has 0 spiro atoms. The Hall–Kier alpha value is -4.20. The Morgan fingerprint density at radius 2 is 1.46 bits per heavy atom. The molecule has 1 fully saturated rings. The predicted molar refractivity (Wildman–Crippen MR) is 138 cm³/mol. The molecule has 0 radical (unpaired) electrons. The molecule has 4 heterocycles. The van der Waals surface area contributed by atoms with Gasteiger partial charge in [0.25, 0.3) is 11.8 Å². The number of phenolic OH excluding ortho intramolecular Hbond substituents is 2. The highest BCUT2D eigenvalue weighted by molar-refractivity contribution is 6.39. The van der Waals surface area contributed by atoms with Crippen LogP contribution in [-0.4, -0.2) is 95.0 Å². The molecule has 2 aliphatic heterocycles. The molecule has 5 unspecified atom stereocenters. The van der Waals surface area contributed by atoms with E-state index in [0.717, 1.165) is 4.90 Å². The third-order valence-electron chi connectivity index (χ3n) is 7.96. The molecule has 7 N–H and O–H groups in total. The summed E-state index contributed by atoms with van der Waals surface area (Å²) in [6.07, 6.45) is -7.75. The minimum Gasteiger partial charge on any atom is -0.506 e. The summed E-state index contributed by atoms with van der Waals surface area (Å²) < 4.78 is 7.29. The summed E-state index contributed by atoms with van der Waals surface area (Å²) in [5, 5.41) is 65.1. The number of para-hydroxylation sites is 2. The first-order chi connectivity index (χ1) is 18.7. The quantitative estimate of drug-likeness (QED) is 0.163. The van der Waals surface area contributed by atoms with E-state index in [2.05, 4.69) is 4.98 Å². The Kier molecular flexibility index (Phi) is 4.84. The number of hydrogen-bond acceptors (Lipinski definition) is 9. The van der Waals surface area contributed by atoms with Gasteiger partial charge in [0.1, 0.15) is 35.9 Å². The Morgan fingerprint density at radius 1 is 0.821 bits per heavy atom. The van der Waals surface area contributed by atoms with Crippen LogP contribution in [0.2, 0.25) is 0 Å². The van der Waals surface area contributed by atoms with Gasteiger partial charge in [-0.15, -0.1) is 0 Å². The number of imide groups is 1. The SMILES string of the molecule is CN1C(=O)c2c(c3c4cccc(O)c4n(C4OC(CO)C(O)C(O)C4O)c3c3[nH]c4c(O)cccc4c23)C1=O.